The highest BCUT2D eigenvalue weighted by atomic mass is 32.5. The number of ether oxygens (including phenoxy) is 1. The molecule has 0 bridgehead atoms. The van der Waals surface area contributed by atoms with Gasteiger partial charge in [-0.3, -0.25) is 4.79 Å². The molecule has 0 radical (unpaired) electrons. The van der Waals surface area contributed by atoms with Crippen molar-refractivity contribution in [3.8, 4) is 0 Å². The highest BCUT2D eigenvalue weighted by Crippen LogP contribution is 3.02. The monoisotopic (exact) mass is 520 g/mol. The number of piperidine rings is 1. The number of amides is 1. The Kier molecular flexibility index (Phi) is 5.19. The fraction of sp³-hybridized carbons (Fsp3) is 0.409. The maximum Gasteiger partial charge on any atom is 0.310 e. The molecule has 6 nitrogen and oxygen atoms in total. The normalized spacial score (nSPS) is 21.8. The molecule has 2 aliphatic rings. The van der Waals surface area contributed by atoms with Gasteiger partial charge in [-0.05, 0) is 49.4 Å². The van der Waals surface area contributed by atoms with Gasteiger partial charge >= 0.3 is 10.2 Å². The lowest BCUT2D eigenvalue weighted by atomic mass is 9.88. The van der Waals surface area contributed by atoms with Crippen LogP contribution in [0.3, 0.4) is 0 Å². The molecule has 0 spiro atoms. The summed E-state index contributed by atoms with van der Waals surface area (Å²) in [5.41, 5.74) is 1.25. The van der Waals surface area contributed by atoms with Gasteiger partial charge in [0.1, 0.15) is 16.5 Å². The molecule has 1 N–H and O–H groups in total. The van der Waals surface area contributed by atoms with Crippen LogP contribution in [0.25, 0.3) is 11.2 Å². The largest absolute Gasteiger partial charge is 0.381 e. The number of halogens is 6. The quantitative estimate of drug-likeness (QED) is 0.411. The molecule has 2 saturated heterocycles. The Morgan fingerprint density at radius 1 is 1.03 bits per heavy atom. The first-order chi connectivity index (χ1) is 16.3. The van der Waals surface area contributed by atoms with Crippen molar-refractivity contribution in [3.05, 3.63) is 53.2 Å². The average molecular weight is 520 g/mol. The minimum Gasteiger partial charge on any atom is -0.381 e. The Morgan fingerprint density at radius 2 is 1.71 bits per heavy atom. The van der Waals surface area contributed by atoms with Gasteiger partial charge in [0.15, 0.2) is 5.65 Å². The van der Waals surface area contributed by atoms with Crippen LogP contribution in [0.1, 0.15) is 52.8 Å². The maximum absolute atomic E-state index is 14.8. The number of likely N-dealkylation sites (tertiary alicyclic amines) is 1. The number of rotatable bonds is 4. The third-order valence-corrected chi connectivity index (χ3v) is 7.75. The average Bonchev–Trinajstić information content (AvgIpc) is 3.47. The molecule has 0 saturated carbocycles. The van der Waals surface area contributed by atoms with Crippen molar-refractivity contribution in [2.24, 2.45) is 0 Å². The summed E-state index contributed by atoms with van der Waals surface area (Å²) in [6, 6.07) is 1.98. The van der Waals surface area contributed by atoms with Crippen LogP contribution < -0.4 is 0 Å². The molecule has 2 fully saturated rings. The second-order valence-corrected chi connectivity index (χ2v) is 11.4. The van der Waals surface area contributed by atoms with E-state index < -0.39 is 26.8 Å². The zero-order chi connectivity index (χ0) is 25.1. The van der Waals surface area contributed by atoms with E-state index in [0.717, 1.165) is 24.8 Å². The van der Waals surface area contributed by atoms with Crippen LogP contribution in [0.5, 0.6) is 0 Å². The number of aromatic nitrogens is 3. The summed E-state index contributed by atoms with van der Waals surface area (Å²) in [7, 11) is -9.80. The van der Waals surface area contributed by atoms with Crippen molar-refractivity contribution >= 4 is 27.3 Å². The second-order valence-electron chi connectivity index (χ2n) is 8.96. The lowest BCUT2D eigenvalue weighted by Gasteiger charge is -2.40. The van der Waals surface area contributed by atoms with Crippen LogP contribution in [-0.4, -0.2) is 52.1 Å². The van der Waals surface area contributed by atoms with Crippen molar-refractivity contribution in [1.29, 1.82) is 0 Å². The number of hydrogen-bond acceptors (Lipinski definition) is 4. The Morgan fingerprint density at radius 3 is 2.31 bits per heavy atom. The van der Waals surface area contributed by atoms with Crippen molar-refractivity contribution < 1.29 is 33.4 Å². The SMILES string of the molecule is O=C(c1ccc(S(F)(F)(F)(F)F)cc1)N1CCC(c2c(F)cnc3nc(C4CCOC4)[nH]c23)CC1. The van der Waals surface area contributed by atoms with Gasteiger partial charge in [-0.2, -0.15) is 0 Å². The predicted octanol–water partition coefficient (Wildman–Crippen LogP) is 6.28. The standard InChI is InChI=1S/C22H22F6N4O2S/c23-17-11-29-21-19(30-20(31-21)15-7-10-34-12-15)18(17)13-5-8-32(9-6-13)22(33)14-1-3-16(4-2-14)35(24,25,26,27)28/h1-4,11,13,15H,5-10,12H2,(H,29,30,31). The van der Waals surface area contributed by atoms with E-state index in [-0.39, 0.29) is 42.6 Å². The smallest absolute Gasteiger partial charge is 0.310 e. The number of nitrogens with one attached hydrogen (secondary N) is 1. The van der Waals surface area contributed by atoms with Gasteiger partial charge in [0.25, 0.3) is 5.91 Å². The molecule has 1 aromatic carbocycles. The van der Waals surface area contributed by atoms with Crippen LogP contribution >= 0.6 is 10.2 Å². The highest BCUT2D eigenvalue weighted by Gasteiger charge is 2.65. The molecule has 2 aliphatic heterocycles. The summed E-state index contributed by atoms with van der Waals surface area (Å²) in [6.07, 6.45) is 2.75. The first kappa shape index (κ1) is 23.9. The Balaban J connectivity index is 1.32. The number of H-pyrrole nitrogens is 1. The number of carbonyl (C=O) groups is 1. The topological polar surface area (TPSA) is 71.1 Å². The summed E-state index contributed by atoms with van der Waals surface area (Å²) < 4.78 is 84.9. The molecule has 190 valence electrons. The van der Waals surface area contributed by atoms with Gasteiger partial charge in [-0.25, -0.2) is 14.4 Å². The van der Waals surface area contributed by atoms with E-state index in [2.05, 4.69) is 15.0 Å². The van der Waals surface area contributed by atoms with Crippen molar-refractivity contribution in [2.75, 3.05) is 26.3 Å². The second kappa shape index (κ2) is 7.60. The first-order valence-corrected chi connectivity index (χ1v) is 13.0. The number of imidazole rings is 1. The van der Waals surface area contributed by atoms with E-state index in [4.69, 9.17) is 4.74 Å². The highest BCUT2D eigenvalue weighted by molar-refractivity contribution is 8.45. The lowest BCUT2D eigenvalue weighted by Crippen LogP contribution is -2.38. The Bertz CT molecular complexity index is 1280. The van der Waals surface area contributed by atoms with E-state index in [0.29, 0.717) is 48.6 Å². The molecule has 4 heterocycles. The van der Waals surface area contributed by atoms with Gasteiger partial charge in [-0.1, -0.05) is 19.4 Å². The van der Waals surface area contributed by atoms with Gasteiger partial charge < -0.3 is 14.6 Å². The Hall–Kier alpha value is -2.80. The Labute approximate surface area is 196 Å². The molecule has 2 aromatic heterocycles. The van der Waals surface area contributed by atoms with Crippen LogP contribution in [-0.2, 0) is 4.74 Å². The number of aromatic amines is 1. The minimum absolute atomic E-state index is 0.0881. The fourth-order valence-corrected chi connectivity index (χ4v) is 5.37. The molecule has 1 atom stereocenters. The van der Waals surface area contributed by atoms with E-state index in [1.54, 1.807) is 0 Å². The van der Waals surface area contributed by atoms with E-state index in [9.17, 15) is 28.6 Å². The zero-order valence-corrected chi connectivity index (χ0v) is 19.1. The van der Waals surface area contributed by atoms with Crippen LogP contribution in [0.2, 0.25) is 0 Å². The van der Waals surface area contributed by atoms with Crippen molar-refractivity contribution in [3.63, 3.8) is 0 Å². The van der Waals surface area contributed by atoms with Gasteiger partial charge in [-0.15, -0.1) is 0 Å². The summed E-state index contributed by atoms with van der Waals surface area (Å²) >= 11 is 0. The number of benzene rings is 1. The molecule has 0 aliphatic carbocycles. The molecule has 3 aromatic rings. The molecular weight excluding hydrogens is 498 g/mol. The van der Waals surface area contributed by atoms with E-state index in [1.807, 2.05) is 0 Å². The fourth-order valence-electron chi connectivity index (χ4n) is 4.72. The van der Waals surface area contributed by atoms with Gasteiger partial charge in [0.2, 0.25) is 0 Å². The number of fused-ring (bicyclic) bond motifs is 1. The van der Waals surface area contributed by atoms with Gasteiger partial charge in [0.05, 0.1) is 18.3 Å². The molecule has 13 heteroatoms. The van der Waals surface area contributed by atoms with Crippen LogP contribution in [0.4, 0.5) is 23.8 Å². The maximum atomic E-state index is 14.8. The minimum atomic E-state index is -9.80. The van der Waals surface area contributed by atoms with Gasteiger partial charge in [0, 0.05) is 36.7 Å². The van der Waals surface area contributed by atoms with Crippen molar-refractivity contribution in [2.45, 2.75) is 36.0 Å². The molecule has 1 amide bonds. The van der Waals surface area contributed by atoms with Crippen molar-refractivity contribution in [1.82, 2.24) is 19.9 Å². The summed E-state index contributed by atoms with van der Waals surface area (Å²) in [6.45, 7) is 1.62. The molecular formula is C22H22F6N4O2S. The van der Waals surface area contributed by atoms with Crippen LogP contribution in [0, 0.1) is 5.82 Å². The predicted molar refractivity (Wildman–Crippen MR) is 118 cm³/mol. The summed E-state index contributed by atoms with van der Waals surface area (Å²) in [5.74, 6) is -0.493. The number of carbonyl (C=O) groups excluding carboxylic acids is 1. The third-order valence-electron chi connectivity index (χ3n) is 6.58. The zero-order valence-electron chi connectivity index (χ0n) is 18.3. The summed E-state index contributed by atoms with van der Waals surface area (Å²) in [4.78, 5) is 23.9. The number of nitrogens with zero attached hydrogens (tertiary/aromatic N) is 3. The van der Waals surface area contributed by atoms with E-state index in [1.165, 1.54) is 4.90 Å². The first-order valence-electron chi connectivity index (χ1n) is 11.1. The lowest BCUT2D eigenvalue weighted by molar-refractivity contribution is 0.0712. The third kappa shape index (κ3) is 4.70. The molecule has 1 unspecified atom stereocenters. The van der Waals surface area contributed by atoms with E-state index >= 15 is 0 Å². The summed E-state index contributed by atoms with van der Waals surface area (Å²) in [5, 5.41) is 0. The van der Waals surface area contributed by atoms with Crippen LogP contribution in [0.15, 0.2) is 35.4 Å². The number of hydrogen-bond donors (Lipinski definition) is 1. The molecule has 35 heavy (non-hydrogen) atoms. The molecule has 5 rings (SSSR count). The number of pyridine rings is 1.